The molecule has 0 heterocycles. The molecule has 29 heavy (non-hydrogen) atoms. The highest BCUT2D eigenvalue weighted by Crippen LogP contribution is 2.15. The van der Waals surface area contributed by atoms with Gasteiger partial charge in [-0.3, -0.25) is 4.72 Å². The molecule has 2 N–H and O–H groups in total. The summed E-state index contributed by atoms with van der Waals surface area (Å²) >= 11 is 0. The summed E-state index contributed by atoms with van der Waals surface area (Å²) in [6, 6.07) is 23.3. The third-order valence-corrected chi connectivity index (χ3v) is 5.37. The fourth-order valence-electron chi connectivity index (χ4n) is 2.77. The van der Waals surface area contributed by atoms with Crippen LogP contribution in [0, 0.1) is 0 Å². The molecular formula is C23H21NO4S. The van der Waals surface area contributed by atoms with Crippen LogP contribution in [0.4, 0.5) is 5.69 Å². The number of aryl methyl sites for hydroxylation is 2. The number of benzene rings is 3. The lowest BCUT2D eigenvalue weighted by Crippen LogP contribution is -2.08. The molecule has 3 aromatic carbocycles. The molecule has 5 nitrogen and oxygen atoms in total. The number of hydrogen-bond donors (Lipinski definition) is 2. The van der Waals surface area contributed by atoms with Crippen molar-refractivity contribution in [2.24, 2.45) is 0 Å². The van der Waals surface area contributed by atoms with Crippen molar-refractivity contribution in [1.82, 2.24) is 0 Å². The van der Waals surface area contributed by atoms with Gasteiger partial charge in [-0.25, -0.2) is 13.2 Å². The SMILES string of the molecule is O=C(O)c1ccc(CCc2ccc(NS(=O)(=O)C=Cc3ccccc3)cc2)cc1. The standard InChI is InChI=1S/C23H21NO4S/c25-23(26)21-12-8-19(9-13-21)6-7-20-10-14-22(15-11-20)24-29(27,28)17-16-18-4-2-1-3-5-18/h1-5,8-17,24H,6-7H2,(H,25,26). The zero-order valence-corrected chi connectivity index (χ0v) is 16.5. The summed E-state index contributed by atoms with van der Waals surface area (Å²) in [7, 11) is -3.59. The molecule has 0 unspecified atom stereocenters. The topological polar surface area (TPSA) is 83.5 Å². The molecule has 0 radical (unpaired) electrons. The van der Waals surface area contributed by atoms with Gasteiger partial charge in [-0.15, -0.1) is 0 Å². The van der Waals surface area contributed by atoms with Crippen molar-refractivity contribution in [3.63, 3.8) is 0 Å². The van der Waals surface area contributed by atoms with E-state index in [0.29, 0.717) is 5.69 Å². The van der Waals surface area contributed by atoms with Gasteiger partial charge < -0.3 is 5.11 Å². The van der Waals surface area contributed by atoms with Gasteiger partial charge in [0.25, 0.3) is 10.0 Å². The molecule has 0 bridgehead atoms. The first kappa shape index (κ1) is 20.4. The monoisotopic (exact) mass is 407 g/mol. The van der Waals surface area contributed by atoms with Crippen molar-refractivity contribution in [2.45, 2.75) is 12.8 Å². The second kappa shape index (κ2) is 9.21. The summed E-state index contributed by atoms with van der Waals surface area (Å²) in [5, 5.41) is 10.1. The molecule has 6 heteroatoms. The summed E-state index contributed by atoms with van der Waals surface area (Å²) in [6.45, 7) is 0. The van der Waals surface area contributed by atoms with Gasteiger partial charge in [-0.1, -0.05) is 54.6 Å². The Morgan fingerprint density at radius 2 is 1.38 bits per heavy atom. The zero-order chi connectivity index (χ0) is 20.7. The number of nitrogens with one attached hydrogen (secondary N) is 1. The Morgan fingerprint density at radius 1 is 0.828 bits per heavy atom. The van der Waals surface area contributed by atoms with Crippen LogP contribution in [0.15, 0.2) is 84.3 Å². The summed E-state index contributed by atoms with van der Waals surface area (Å²) in [4.78, 5) is 10.9. The van der Waals surface area contributed by atoms with Gasteiger partial charge in [0.15, 0.2) is 0 Å². The number of rotatable bonds is 8. The molecule has 0 aromatic heterocycles. The quantitative estimate of drug-likeness (QED) is 0.572. The van der Waals surface area contributed by atoms with E-state index < -0.39 is 16.0 Å². The Kier molecular flexibility index (Phi) is 6.46. The first-order chi connectivity index (χ1) is 13.9. The lowest BCUT2D eigenvalue weighted by molar-refractivity contribution is 0.0697. The minimum Gasteiger partial charge on any atom is -0.478 e. The van der Waals surface area contributed by atoms with E-state index in [0.717, 1.165) is 34.9 Å². The maximum absolute atomic E-state index is 12.2. The summed E-state index contributed by atoms with van der Waals surface area (Å²) in [6.07, 6.45) is 3.09. The molecule has 3 aromatic rings. The molecule has 148 valence electrons. The molecule has 0 spiro atoms. The van der Waals surface area contributed by atoms with Crippen LogP contribution in [0.1, 0.15) is 27.0 Å². The fraction of sp³-hybridized carbons (Fsp3) is 0.0870. The Hall–Kier alpha value is -3.38. The van der Waals surface area contributed by atoms with Gasteiger partial charge in [0.1, 0.15) is 0 Å². The Labute approximate surface area is 170 Å². The highest BCUT2D eigenvalue weighted by Gasteiger charge is 2.06. The average molecular weight is 407 g/mol. The summed E-state index contributed by atoms with van der Waals surface area (Å²) in [5.74, 6) is -0.937. The number of hydrogen-bond acceptors (Lipinski definition) is 3. The molecular weight excluding hydrogens is 386 g/mol. The molecule has 0 amide bonds. The molecule has 0 atom stereocenters. The summed E-state index contributed by atoms with van der Waals surface area (Å²) < 4.78 is 26.9. The van der Waals surface area contributed by atoms with Crippen molar-refractivity contribution in [2.75, 3.05) is 4.72 Å². The third-order valence-electron chi connectivity index (χ3n) is 4.36. The lowest BCUT2D eigenvalue weighted by atomic mass is 10.0. The number of sulfonamides is 1. The van der Waals surface area contributed by atoms with Gasteiger partial charge in [-0.05, 0) is 59.9 Å². The zero-order valence-electron chi connectivity index (χ0n) is 15.7. The van der Waals surface area contributed by atoms with Crippen molar-refractivity contribution in [3.05, 3.63) is 107 Å². The van der Waals surface area contributed by atoms with E-state index in [1.165, 1.54) is 0 Å². The number of carboxylic acids is 1. The highest BCUT2D eigenvalue weighted by atomic mass is 32.2. The second-order valence-electron chi connectivity index (χ2n) is 6.56. The third kappa shape index (κ3) is 6.33. The average Bonchev–Trinajstić information content (AvgIpc) is 2.73. The maximum atomic E-state index is 12.2. The van der Waals surface area contributed by atoms with Crippen LogP contribution in [0.5, 0.6) is 0 Å². The van der Waals surface area contributed by atoms with E-state index in [-0.39, 0.29) is 5.56 Å². The van der Waals surface area contributed by atoms with Gasteiger partial charge in [0, 0.05) is 5.69 Å². The maximum Gasteiger partial charge on any atom is 0.335 e. The molecule has 0 aliphatic carbocycles. The van der Waals surface area contributed by atoms with E-state index >= 15 is 0 Å². The predicted molar refractivity (Wildman–Crippen MR) is 115 cm³/mol. The molecule has 0 aliphatic rings. The molecule has 0 aliphatic heterocycles. The normalized spacial score (nSPS) is 11.4. The van der Waals surface area contributed by atoms with Crippen molar-refractivity contribution in [1.29, 1.82) is 0 Å². The van der Waals surface area contributed by atoms with Crippen LogP contribution >= 0.6 is 0 Å². The van der Waals surface area contributed by atoms with Crippen molar-refractivity contribution < 1.29 is 18.3 Å². The van der Waals surface area contributed by atoms with Crippen LogP contribution in [-0.4, -0.2) is 19.5 Å². The molecule has 0 saturated carbocycles. The van der Waals surface area contributed by atoms with Crippen LogP contribution in [0.3, 0.4) is 0 Å². The van der Waals surface area contributed by atoms with E-state index in [4.69, 9.17) is 5.11 Å². The van der Waals surface area contributed by atoms with Gasteiger partial charge in [-0.2, -0.15) is 0 Å². The van der Waals surface area contributed by atoms with Gasteiger partial charge in [0.2, 0.25) is 0 Å². The van der Waals surface area contributed by atoms with E-state index in [2.05, 4.69) is 4.72 Å². The Morgan fingerprint density at radius 3 is 1.93 bits per heavy atom. The van der Waals surface area contributed by atoms with E-state index in [1.807, 2.05) is 54.6 Å². The number of aromatic carboxylic acids is 1. The van der Waals surface area contributed by atoms with Gasteiger partial charge in [0.05, 0.1) is 11.0 Å². The minimum absolute atomic E-state index is 0.270. The predicted octanol–water partition coefficient (Wildman–Crippen LogP) is 4.58. The molecule has 0 saturated heterocycles. The largest absolute Gasteiger partial charge is 0.478 e. The smallest absolute Gasteiger partial charge is 0.335 e. The number of anilines is 1. The van der Waals surface area contributed by atoms with Crippen molar-refractivity contribution in [3.8, 4) is 0 Å². The van der Waals surface area contributed by atoms with Crippen LogP contribution < -0.4 is 4.72 Å². The first-order valence-electron chi connectivity index (χ1n) is 9.08. The second-order valence-corrected chi connectivity index (χ2v) is 8.13. The van der Waals surface area contributed by atoms with Crippen molar-refractivity contribution >= 4 is 27.8 Å². The van der Waals surface area contributed by atoms with Crippen LogP contribution in [0.25, 0.3) is 6.08 Å². The Bertz CT molecular complexity index is 1090. The van der Waals surface area contributed by atoms with E-state index in [9.17, 15) is 13.2 Å². The van der Waals surface area contributed by atoms with Gasteiger partial charge >= 0.3 is 5.97 Å². The molecule has 3 rings (SSSR count). The van der Waals surface area contributed by atoms with Crippen LogP contribution in [-0.2, 0) is 22.9 Å². The summed E-state index contributed by atoms with van der Waals surface area (Å²) in [5.41, 5.74) is 3.69. The number of carboxylic acid groups (broad SMARTS) is 1. The highest BCUT2D eigenvalue weighted by molar-refractivity contribution is 7.95. The Balaban J connectivity index is 1.56. The van der Waals surface area contributed by atoms with Crippen LogP contribution in [0.2, 0.25) is 0 Å². The number of carbonyl (C=O) groups is 1. The first-order valence-corrected chi connectivity index (χ1v) is 10.6. The minimum atomic E-state index is -3.59. The fourth-order valence-corrected chi connectivity index (χ4v) is 3.64. The van der Waals surface area contributed by atoms with E-state index in [1.54, 1.807) is 30.3 Å². The lowest BCUT2D eigenvalue weighted by Gasteiger charge is -2.07. The molecule has 0 fully saturated rings.